The monoisotopic (exact) mass is 459 g/mol. The molecule has 0 bridgehead atoms. The predicted molar refractivity (Wildman–Crippen MR) is 116 cm³/mol. The Balaban J connectivity index is 1.56. The number of oxime groups is 1. The van der Waals surface area contributed by atoms with Gasteiger partial charge in [0.1, 0.15) is 6.61 Å². The van der Waals surface area contributed by atoms with Gasteiger partial charge in [-0.05, 0) is 78.3 Å². The van der Waals surface area contributed by atoms with Gasteiger partial charge in [0, 0.05) is 12.6 Å². The summed E-state index contributed by atoms with van der Waals surface area (Å²) in [6.45, 7) is 3.46. The Morgan fingerprint density at radius 2 is 1.97 bits per heavy atom. The quantitative estimate of drug-likeness (QED) is 0.392. The van der Waals surface area contributed by atoms with Gasteiger partial charge in [-0.1, -0.05) is 29.4 Å². The summed E-state index contributed by atoms with van der Waals surface area (Å²) in [5.74, 6) is 0.347. The molecule has 0 unspecified atom stereocenters. The number of rotatable bonds is 7. The summed E-state index contributed by atoms with van der Waals surface area (Å²) in [5.41, 5.74) is 1.99. The molecule has 1 aromatic heterocycles. The number of hydrogen-bond acceptors (Lipinski definition) is 5. The highest BCUT2D eigenvalue weighted by Gasteiger charge is 2.35. The van der Waals surface area contributed by atoms with E-state index in [1.54, 1.807) is 25.1 Å². The lowest BCUT2D eigenvalue weighted by atomic mass is 9.97. The number of tetrazole rings is 1. The van der Waals surface area contributed by atoms with Crippen LogP contribution in [0.15, 0.2) is 46.3 Å². The lowest BCUT2D eigenvalue weighted by molar-refractivity contribution is -0.138. The number of aryl methyl sites for hydroxylation is 2. The Kier molecular flexibility index (Phi) is 6.09. The molecule has 1 heterocycles. The van der Waals surface area contributed by atoms with Crippen LogP contribution in [-0.2, 0) is 31.1 Å². The minimum Gasteiger partial charge on any atom is -0.391 e. The standard InChI is InChI=1S/C23H24F3N5O2/c1-14-5-4-6-21(31-22(32)30(3)28-29-31)19(14)13-33-27-15(2)17-9-10-18(11-16-7-8-16)20(12-17)23(24,25)26/h4-6,9-10,12,16H,7-8,11,13H2,1-3H3/b27-15-. The molecule has 0 amide bonds. The first-order valence-corrected chi connectivity index (χ1v) is 10.6. The molecular formula is C23H24F3N5O2. The fraction of sp³-hybridized carbons (Fsp3) is 0.391. The van der Waals surface area contributed by atoms with Crippen LogP contribution >= 0.6 is 0 Å². The van der Waals surface area contributed by atoms with Crippen LogP contribution in [0.4, 0.5) is 13.2 Å². The average molecular weight is 459 g/mol. The van der Waals surface area contributed by atoms with Crippen molar-refractivity contribution in [3.8, 4) is 5.69 Å². The summed E-state index contributed by atoms with van der Waals surface area (Å²) in [4.78, 5) is 17.7. The van der Waals surface area contributed by atoms with E-state index in [0.717, 1.165) is 33.8 Å². The summed E-state index contributed by atoms with van der Waals surface area (Å²) in [5, 5.41) is 11.6. The first kappa shape index (κ1) is 22.8. The van der Waals surface area contributed by atoms with E-state index >= 15 is 0 Å². The molecule has 10 heteroatoms. The van der Waals surface area contributed by atoms with Crippen LogP contribution in [0.1, 0.15) is 47.6 Å². The number of halogens is 3. The summed E-state index contributed by atoms with van der Waals surface area (Å²) in [7, 11) is 1.50. The van der Waals surface area contributed by atoms with Crippen molar-refractivity contribution >= 4 is 5.71 Å². The third-order valence-electron chi connectivity index (χ3n) is 5.78. The van der Waals surface area contributed by atoms with Crippen molar-refractivity contribution in [2.24, 2.45) is 18.1 Å². The van der Waals surface area contributed by atoms with Gasteiger partial charge in [-0.15, -0.1) is 0 Å². The van der Waals surface area contributed by atoms with Crippen LogP contribution in [-0.4, -0.2) is 25.5 Å². The molecule has 7 nitrogen and oxygen atoms in total. The SMILES string of the molecule is C/C(=N/OCc1c(C)cccc1-n1nnn(C)c1=O)c1ccc(CC2CC2)c(C(F)(F)F)c1. The molecule has 0 saturated heterocycles. The summed E-state index contributed by atoms with van der Waals surface area (Å²) < 4.78 is 43.1. The van der Waals surface area contributed by atoms with Crippen LogP contribution in [0, 0.1) is 12.8 Å². The van der Waals surface area contributed by atoms with Gasteiger partial charge < -0.3 is 4.84 Å². The largest absolute Gasteiger partial charge is 0.416 e. The van der Waals surface area contributed by atoms with E-state index < -0.39 is 17.4 Å². The number of nitrogens with zero attached hydrogens (tertiary/aromatic N) is 5. The molecule has 174 valence electrons. The lowest BCUT2D eigenvalue weighted by Gasteiger charge is -2.15. The molecule has 3 aromatic rings. The summed E-state index contributed by atoms with van der Waals surface area (Å²) in [6, 6.07) is 9.67. The Hall–Kier alpha value is -3.43. The van der Waals surface area contributed by atoms with Crippen molar-refractivity contribution in [2.45, 2.75) is 45.9 Å². The second-order valence-electron chi connectivity index (χ2n) is 8.34. The van der Waals surface area contributed by atoms with Gasteiger partial charge in [0.15, 0.2) is 0 Å². The van der Waals surface area contributed by atoms with Crippen LogP contribution in [0.3, 0.4) is 0 Å². The normalized spacial score (nSPS) is 14.5. The first-order valence-electron chi connectivity index (χ1n) is 10.6. The van der Waals surface area contributed by atoms with E-state index in [9.17, 15) is 18.0 Å². The maximum absolute atomic E-state index is 13.6. The molecule has 0 radical (unpaired) electrons. The molecule has 1 aliphatic rings. The van der Waals surface area contributed by atoms with Crippen LogP contribution in [0.5, 0.6) is 0 Å². The van der Waals surface area contributed by atoms with E-state index in [1.807, 2.05) is 13.0 Å². The Bertz CT molecular complexity index is 1260. The van der Waals surface area contributed by atoms with Crippen molar-refractivity contribution in [1.29, 1.82) is 0 Å². The van der Waals surface area contributed by atoms with Gasteiger partial charge >= 0.3 is 11.9 Å². The van der Waals surface area contributed by atoms with Gasteiger partial charge in [-0.25, -0.2) is 4.79 Å². The molecule has 33 heavy (non-hydrogen) atoms. The second kappa shape index (κ2) is 8.84. The van der Waals surface area contributed by atoms with Gasteiger partial charge in [-0.3, -0.25) is 0 Å². The average Bonchev–Trinajstić information content (AvgIpc) is 3.52. The molecule has 0 atom stereocenters. The Morgan fingerprint density at radius 1 is 1.21 bits per heavy atom. The zero-order valence-electron chi connectivity index (χ0n) is 18.6. The van der Waals surface area contributed by atoms with Gasteiger partial charge in [0.25, 0.3) is 0 Å². The molecule has 0 N–H and O–H groups in total. The molecule has 2 aromatic carbocycles. The van der Waals surface area contributed by atoms with Crippen molar-refractivity contribution in [2.75, 3.05) is 0 Å². The number of hydrogen-bond donors (Lipinski definition) is 0. The minimum absolute atomic E-state index is 0.00819. The maximum Gasteiger partial charge on any atom is 0.416 e. The fourth-order valence-corrected chi connectivity index (χ4v) is 3.66. The maximum atomic E-state index is 13.6. The van der Waals surface area contributed by atoms with Crippen LogP contribution in [0.2, 0.25) is 0 Å². The Labute approximate surface area is 188 Å². The number of aromatic nitrogens is 4. The highest BCUT2D eigenvalue weighted by molar-refractivity contribution is 5.98. The first-order chi connectivity index (χ1) is 15.6. The summed E-state index contributed by atoms with van der Waals surface area (Å²) in [6.07, 6.45) is -2.02. The van der Waals surface area contributed by atoms with E-state index in [0.29, 0.717) is 40.4 Å². The fourth-order valence-electron chi connectivity index (χ4n) is 3.66. The summed E-state index contributed by atoms with van der Waals surface area (Å²) >= 11 is 0. The third-order valence-corrected chi connectivity index (χ3v) is 5.78. The number of benzene rings is 2. The molecular weight excluding hydrogens is 435 g/mol. The zero-order valence-corrected chi connectivity index (χ0v) is 18.6. The van der Waals surface area contributed by atoms with Gasteiger partial charge in [0.05, 0.1) is 17.0 Å². The van der Waals surface area contributed by atoms with Gasteiger partial charge in [-0.2, -0.15) is 22.5 Å². The van der Waals surface area contributed by atoms with E-state index in [-0.39, 0.29) is 6.61 Å². The van der Waals surface area contributed by atoms with Crippen LogP contribution in [0.25, 0.3) is 5.69 Å². The minimum atomic E-state index is -4.43. The predicted octanol–water partition coefficient (Wildman–Crippen LogP) is 4.19. The molecule has 4 rings (SSSR count). The highest BCUT2D eigenvalue weighted by Crippen LogP contribution is 2.38. The topological polar surface area (TPSA) is 74.3 Å². The molecule has 0 aliphatic heterocycles. The molecule has 0 spiro atoms. The second-order valence-corrected chi connectivity index (χ2v) is 8.34. The van der Waals surface area contributed by atoms with Crippen molar-refractivity contribution in [3.63, 3.8) is 0 Å². The van der Waals surface area contributed by atoms with E-state index in [2.05, 4.69) is 15.6 Å². The van der Waals surface area contributed by atoms with Crippen molar-refractivity contribution in [3.05, 3.63) is 74.7 Å². The number of alkyl halides is 3. The zero-order chi connectivity index (χ0) is 23.8. The molecule has 1 saturated carbocycles. The van der Waals surface area contributed by atoms with E-state index in [1.165, 1.54) is 13.1 Å². The van der Waals surface area contributed by atoms with Crippen molar-refractivity contribution in [1.82, 2.24) is 19.8 Å². The smallest absolute Gasteiger partial charge is 0.391 e. The Morgan fingerprint density at radius 3 is 2.61 bits per heavy atom. The van der Waals surface area contributed by atoms with Gasteiger partial charge in [0.2, 0.25) is 0 Å². The lowest BCUT2D eigenvalue weighted by Crippen LogP contribution is -2.23. The molecule has 1 fully saturated rings. The van der Waals surface area contributed by atoms with Crippen molar-refractivity contribution < 1.29 is 18.0 Å². The van der Waals surface area contributed by atoms with E-state index in [4.69, 9.17) is 4.84 Å². The third kappa shape index (κ3) is 4.99. The van der Waals surface area contributed by atoms with Crippen LogP contribution < -0.4 is 5.69 Å². The highest BCUT2D eigenvalue weighted by atomic mass is 19.4. The molecule has 1 aliphatic carbocycles.